The zero-order chi connectivity index (χ0) is 26.3. The maximum absolute atomic E-state index is 12.3. The summed E-state index contributed by atoms with van der Waals surface area (Å²) in [6.07, 6.45) is 4.35. The predicted molar refractivity (Wildman–Crippen MR) is 141 cm³/mol. The molecule has 3 rings (SSSR count). The van der Waals surface area contributed by atoms with Gasteiger partial charge in [-0.3, -0.25) is 14.6 Å². The van der Waals surface area contributed by atoms with Crippen LogP contribution in [0, 0.1) is 5.92 Å². The van der Waals surface area contributed by atoms with E-state index in [2.05, 4.69) is 22.5 Å². The van der Waals surface area contributed by atoms with E-state index in [0.717, 1.165) is 25.0 Å². The fourth-order valence-corrected chi connectivity index (χ4v) is 3.26. The van der Waals surface area contributed by atoms with Gasteiger partial charge < -0.3 is 25.6 Å². The Balaban J connectivity index is 0. The van der Waals surface area contributed by atoms with Crippen molar-refractivity contribution in [1.29, 1.82) is 0 Å². The van der Waals surface area contributed by atoms with Gasteiger partial charge in [-0.25, -0.2) is 0 Å². The Hall–Kier alpha value is -2.81. The lowest BCUT2D eigenvalue weighted by molar-refractivity contribution is -0.127. The Kier molecular flexibility index (Phi) is 13.8. The highest BCUT2D eigenvalue weighted by Gasteiger charge is 2.26. The normalized spacial score (nSPS) is 16.8. The van der Waals surface area contributed by atoms with E-state index < -0.39 is 5.79 Å². The fraction of sp³-hybridized carbons (Fsp3) is 0.519. The number of benzene rings is 1. The highest BCUT2D eigenvalue weighted by Crippen LogP contribution is 2.18. The van der Waals surface area contributed by atoms with Crippen LogP contribution in [0.15, 0.2) is 48.7 Å². The van der Waals surface area contributed by atoms with Crippen LogP contribution in [0.4, 0.5) is 0 Å². The average molecular weight is 492 g/mol. The first-order valence-electron chi connectivity index (χ1n) is 12.3. The molecule has 2 atom stereocenters. The van der Waals surface area contributed by atoms with Crippen molar-refractivity contribution in [2.45, 2.75) is 65.8 Å². The van der Waals surface area contributed by atoms with Gasteiger partial charge in [0.15, 0.2) is 5.79 Å². The molecule has 1 aliphatic rings. The molecular weight excluding hydrogens is 446 g/mol. The molecule has 1 aromatic heterocycles. The number of amides is 2. The van der Waals surface area contributed by atoms with Gasteiger partial charge in [-0.05, 0) is 51.0 Å². The van der Waals surface area contributed by atoms with Crippen molar-refractivity contribution in [3.05, 3.63) is 65.5 Å². The van der Waals surface area contributed by atoms with Crippen LogP contribution >= 0.6 is 0 Å². The molecule has 1 saturated heterocycles. The number of hydrogen-bond acceptors (Lipinski definition) is 6. The van der Waals surface area contributed by atoms with Gasteiger partial charge in [-0.2, -0.15) is 0 Å². The third-order valence-corrected chi connectivity index (χ3v) is 4.83. The molecule has 0 spiro atoms. The van der Waals surface area contributed by atoms with Crippen molar-refractivity contribution in [3.63, 3.8) is 0 Å². The number of aromatic nitrogens is 1. The van der Waals surface area contributed by atoms with Gasteiger partial charge in [-0.15, -0.1) is 0 Å². The zero-order valence-electron chi connectivity index (χ0n) is 21.6. The Morgan fingerprint density at radius 3 is 2.20 bits per heavy atom. The Morgan fingerprint density at radius 2 is 1.63 bits per heavy atom. The van der Waals surface area contributed by atoms with E-state index in [1.54, 1.807) is 18.3 Å². The van der Waals surface area contributed by atoms with Gasteiger partial charge in [0.1, 0.15) is 0 Å². The number of aliphatic hydroxyl groups is 2. The summed E-state index contributed by atoms with van der Waals surface area (Å²) in [4.78, 5) is 28.7. The first-order valence-corrected chi connectivity index (χ1v) is 12.3. The number of rotatable bonds is 8. The lowest BCUT2D eigenvalue weighted by Gasteiger charge is -2.12. The van der Waals surface area contributed by atoms with Crippen molar-refractivity contribution in [3.8, 4) is 0 Å². The number of ether oxygens (including phenoxy) is 1. The SMILES string of the molecule is CC.CC(C)(O)O.CCCc1ccc(C(=O)NC[C@@H]2C[C@H](CNC(=O)c3ccccc3)CO2)cn1.[HH].[HH]. The molecule has 2 aromatic rings. The zero-order valence-corrected chi connectivity index (χ0v) is 21.6. The lowest BCUT2D eigenvalue weighted by Crippen LogP contribution is -2.32. The largest absolute Gasteiger partial charge is 0.376 e. The molecule has 198 valence electrons. The molecule has 0 saturated carbocycles. The van der Waals surface area contributed by atoms with Crippen LogP contribution < -0.4 is 10.6 Å². The van der Waals surface area contributed by atoms with Crippen molar-refractivity contribution < 1.29 is 27.4 Å². The predicted octanol–water partition coefficient (Wildman–Crippen LogP) is 3.82. The van der Waals surface area contributed by atoms with E-state index in [1.807, 2.05) is 44.2 Å². The smallest absolute Gasteiger partial charge is 0.252 e. The Bertz CT molecular complexity index is 872. The monoisotopic (exact) mass is 491 g/mol. The number of nitrogens with one attached hydrogen (secondary N) is 2. The maximum Gasteiger partial charge on any atom is 0.252 e. The third-order valence-electron chi connectivity index (χ3n) is 4.83. The van der Waals surface area contributed by atoms with Crippen LogP contribution in [0.3, 0.4) is 0 Å². The third kappa shape index (κ3) is 13.0. The molecule has 1 aliphatic heterocycles. The van der Waals surface area contributed by atoms with Gasteiger partial charge in [-0.1, -0.05) is 45.4 Å². The number of hydrogen-bond donors (Lipinski definition) is 4. The summed E-state index contributed by atoms with van der Waals surface area (Å²) in [5.41, 5.74) is 2.21. The minimum absolute atomic E-state index is 0. The minimum atomic E-state index is -1.50. The molecular formula is C27H45N3O5. The average Bonchev–Trinajstić information content (AvgIpc) is 3.30. The second kappa shape index (κ2) is 16.0. The topological polar surface area (TPSA) is 121 Å². The van der Waals surface area contributed by atoms with E-state index in [4.69, 9.17) is 14.9 Å². The fourth-order valence-electron chi connectivity index (χ4n) is 3.26. The summed E-state index contributed by atoms with van der Waals surface area (Å²) >= 11 is 0. The van der Waals surface area contributed by atoms with E-state index in [9.17, 15) is 9.59 Å². The van der Waals surface area contributed by atoms with Crippen molar-refractivity contribution >= 4 is 11.8 Å². The van der Waals surface area contributed by atoms with Gasteiger partial charge in [0.25, 0.3) is 11.8 Å². The molecule has 1 fully saturated rings. The standard InChI is InChI=1S/C22H27N3O3.C3H8O2.C2H6.2H2/c1-2-6-19-10-9-18(13-23-19)22(27)25-14-20-11-16(15-28-20)12-24-21(26)17-7-4-3-5-8-17;1-3(2,4)5;1-2;;/h3-5,7-10,13,16,20H,2,6,11-12,14-15H2,1H3,(H,24,26)(H,25,27);4-5H,1-2H3;1-2H3;2*1H/t16-,20+;;;;/m1..../s1. The quantitative estimate of drug-likeness (QED) is 0.417. The van der Waals surface area contributed by atoms with Gasteiger partial charge >= 0.3 is 0 Å². The molecule has 0 bridgehead atoms. The van der Waals surface area contributed by atoms with Crippen molar-refractivity contribution in [2.24, 2.45) is 5.92 Å². The number of carbonyl (C=O) groups is 2. The van der Waals surface area contributed by atoms with Crippen molar-refractivity contribution in [1.82, 2.24) is 15.6 Å². The van der Waals surface area contributed by atoms with Crippen LogP contribution in [0.25, 0.3) is 0 Å². The first kappa shape index (κ1) is 30.2. The molecule has 2 amide bonds. The van der Waals surface area contributed by atoms with Gasteiger partial charge in [0.2, 0.25) is 0 Å². The van der Waals surface area contributed by atoms with Crippen LogP contribution in [0.1, 0.15) is 76.7 Å². The summed E-state index contributed by atoms with van der Waals surface area (Å²) < 4.78 is 5.76. The van der Waals surface area contributed by atoms with Crippen LogP contribution in [-0.4, -0.2) is 58.6 Å². The second-order valence-corrected chi connectivity index (χ2v) is 8.63. The Morgan fingerprint density at radius 1 is 1.03 bits per heavy atom. The molecule has 4 N–H and O–H groups in total. The van der Waals surface area contributed by atoms with Gasteiger partial charge in [0, 0.05) is 39.3 Å². The molecule has 0 radical (unpaired) electrons. The summed E-state index contributed by atoms with van der Waals surface area (Å²) in [7, 11) is 0. The minimum Gasteiger partial charge on any atom is -0.376 e. The van der Waals surface area contributed by atoms with Crippen LogP contribution in [0.2, 0.25) is 0 Å². The molecule has 35 heavy (non-hydrogen) atoms. The summed E-state index contributed by atoms with van der Waals surface area (Å²) in [5.74, 6) is -1.46. The van der Waals surface area contributed by atoms with E-state index in [0.29, 0.717) is 30.8 Å². The molecule has 0 aliphatic carbocycles. The van der Waals surface area contributed by atoms with E-state index in [1.165, 1.54) is 13.8 Å². The number of pyridine rings is 1. The summed E-state index contributed by atoms with van der Waals surface area (Å²) in [6, 6.07) is 12.9. The maximum atomic E-state index is 12.3. The number of nitrogens with zero attached hydrogens (tertiary/aromatic N) is 1. The van der Waals surface area contributed by atoms with Crippen molar-refractivity contribution in [2.75, 3.05) is 19.7 Å². The van der Waals surface area contributed by atoms with Crippen LogP contribution in [0.5, 0.6) is 0 Å². The summed E-state index contributed by atoms with van der Waals surface area (Å²) in [5, 5.41) is 22.0. The lowest BCUT2D eigenvalue weighted by atomic mass is 10.1. The highest BCUT2D eigenvalue weighted by molar-refractivity contribution is 5.94. The molecule has 8 nitrogen and oxygen atoms in total. The molecule has 1 aromatic carbocycles. The van der Waals surface area contributed by atoms with Crippen LogP contribution in [-0.2, 0) is 11.2 Å². The summed E-state index contributed by atoms with van der Waals surface area (Å²) in [6.45, 7) is 10.3. The first-order chi connectivity index (χ1) is 16.7. The Labute approximate surface area is 212 Å². The molecule has 0 unspecified atom stereocenters. The van der Waals surface area contributed by atoms with E-state index >= 15 is 0 Å². The number of carbonyl (C=O) groups excluding carboxylic acids is 2. The molecule has 2 heterocycles. The van der Waals surface area contributed by atoms with Gasteiger partial charge in [0.05, 0.1) is 18.3 Å². The van der Waals surface area contributed by atoms with E-state index in [-0.39, 0.29) is 26.7 Å². The number of aryl methyl sites for hydroxylation is 1. The molecule has 8 heteroatoms. The second-order valence-electron chi connectivity index (χ2n) is 8.63. The highest BCUT2D eigenvalue weighted by atomic mass is 16.5.